The van der Waals surface area contributed by atoms with Gasteiger partial charge in [-0.25, -0.2) is 0 Å². The maximum Gasteiger partial charge on any atom is 0.0809 e. The first-order valence-electron chi connectivity index (χ1n) is 7.38. The summed E-state index contributed by atoms with van der Waals surface area (Å²) in [5, 5.41) is 11.3. The van der Waals surface area contributed by atoms with Gasteiger partial charge in [0.15, 0.2) is 0 Å². The summed E-state index contributed by atoms with van der Waals surface area (Å²) >= 11 is 6.12. The van der Waals surface area contributed by atoms with E-state index in [1.165, 1.54) is 5.56 Å². The van der Waals surface area contributed by atoms with Crippen LogP contribution < -0.4 is 0 Å². The normalized spacial score (nSPS) is 14.0. The van der Waals surface area contributed by atoms with E-state index in [4.69, 9.17) is 11.6 Å². The van der Waals surface area contributed by atoms with Gasteiger partial charge in [-0.3, -0.25) is 0 Å². The molecule has 2 aromatic carbocycles. The number of hydrogen-bond acceptors (Lipinski definition) is 2. The Morgan fingerprint density at radius 3 is 2.45 bits per heavy atom. The Balaban J connectivity index is 2.27. The molecule has 0 saturated carbocycles. The quantitative estimate of drug-likeness (QED) is 0.867. The van der Waals surface area contributed by atoms with Crippen molar-refractivity contribution in [1.82, 2.24) is 4.90 Å². The van der Waals surface area contributed by atoms with Crippen molar-refractivity contribution in [2.45, 2.75) is 18.4 Å². The number of aliphatic hydroxyl groups is 1. The average molecular weight is 316 g/mol. The van der Waals surface area contributed by atoms with Gasteiger partial charge < -0.3 is 10.0 Å². The molecule has 1 N–H and O–H groups in total. The number of halogens is 1. The second kappa shape index (κ2) is 8.02. The lowest BCUT2D eigenvalue weighted by molar-refractivity contribution is 0.187. The Morgan fingerprint density at radius 2 is 1.82 bits per heavy atom. The Labute approximate surface area is 137 Å². The number of aliphatic hydroxyl groups excluding tert-OH is 1. The standard InChI is InChI=1S/C19H22ClNO/c1-21(2)12-11-19(22)18(13-15-7-4-3-5-8-15)16-9-6-10-17(20)14-16/h3-12,14,18-19,22H,13H2,1-2H3/b12-11+. The molecule has 0 fully saturated rings. The van der Waals surface area contributed by atoms with Crippen LogP contribution in [0, 0.1) is 0 Å². The van der Waals surface area contributed by atoms with Gasteiger partial charge in [0.25, 0.3) is 0 Å². The maximum absolute atomic E-state index is 10.6. The molecule has 0 heterocycles. The fourth-order valence-corrected chi connectivity index (χ4v) is 2.63. The van der Waals surface area contributed by atoms with Crippen LogP contribution in [0.2, 0.25) is 5.02 Å². The van der Waals surface area contributed by atoms with E-state index in [-0.39, 0.29) is 5.92 Å². The van der Waals surface area contributed by atoms with Gasteiger partial charge >= 0.3 is 0 Å². The summed E-state index contributed by atoms with van der Waals surface area (Å²) in [6.45, 7) is 0. The molecule has 0 spiro atoms. The molecule has 0 saturated heterocycles. The zero-order valence-electron chi connectivity index (χ0n) is 13.0. The predicted octanol–water partition coefficient (Wildman–Crippen LogP) is 4.10. The van der Waals surface area contributed by atoms with Crippen LogP contribution in [0.4, 0.5) is 0 Å². The number of benzene rings is 2. The lowest BCUT2D eigenvalue weighted by Gasteiger charge is -2.22. The van der Waals surface area contributed by atoms with E-state index in [1.54, 1.807) is 0 Å². The minimum atomic E-state index is -0.568. The van der Waals surface area contributed by atoms with Crippen LogP contribution in [0.1, 0.15) is 17.0 Å². The number of nitrogens with zero attached hydrogens (tertiary/aromatic N) is 1. The molecule has 0 amide bonds. The molecule has 0 aliphatic carbocycles. The van der Waals surface area contributed by atoms with Crippen LogP contribution >= 0.6 is 11.6 Å². The van der Waals surface area contributed by atoms with Gasteiger partial charge in [-0.15, -0.1) is 0 Å². The van der Waals surface area contributed by atoms with Crippen LogP contribution in [0.3, 0.4) is 0 Å². The van der Waals surface area contributed by atoms with Crippen molar-refractivity contribution in [3.05, 3.63) is 83.0 Å². The molecule has 0 radical (unpaired) electrons. The molecule has 2 aromatic rings. The second-order valence-corrected chi connectivity index (χ2v) is 6.08. The Hall–Kier alpha value is -1.77. The van der Waals surface area contributed by atoms with Gasteiger partial charge in [0.1, 0.15) is 0 Å². The van der Waals surface area contributed by atoms with E-state index in [9.17, 15) is 5.11 Å². The molecule has 0 bridgehead atoms. The Morgan fingerprint density at radius 1 is 1.09 bits per heavy atom. The first-order valence-corrected chi connectivity index (χ1v) is 7.76. The molecular formula is C19H22ClNO. The minimum Gasteiger partial charge on any atom is -0.388 e. The summed E-state index contributed by atoms with van der Waals surface area (Å²) < 4.78 is 0. The van der Waals surface area contributed by atoms with Crippen molar-refractivity contribution in [3.8, 4) is 0 Å². The van der Waals surface area contributed by atoms with Crippen molar-refractivity contribution < 1.29 is 5.11 Å². The SMILES string of the molecule is CN(C)/C=C/C(O)C(Cc1ccccc1)c1cccc(Cl)c1. The predicted molar refractivity (Wildman–Crippen MR) is 93.2 cm³/mol. The molecule has 2 unspecified atom stereocenters. The fourth-order valence-electron chi connectivity index (χ4n) is 2.44. The van der Waals surface area contributed by atoms with Crippen LogP contribution in [0.5, 0.6) is 0 Å². The van der Waals surface area contributed by atoms with E-state index >= 15 is 0 Å². The van der Waals surface area contributed by atoms with Crippen LogP contribution in [-0.2, 0) is 6.42 Å². The van der Waals surface area contributed by atoms with Crippen molar-refractivity contribution in [2.24, 2.45) is 0 Å². The Bertz CT molecular complexity index is 610. The molecule has 2 atom stereocenters. The van der Waals surface area contributed by atoms with Gasteiger partial charge in [0, 0.05) is 25.0 Å². The summed E-state index contributed by atoms with van der Waals surface area (Å²) in [7, 11) is 3.88. The van der Waals surface area contributed by atoms with E-state index in [2.05, 4.69) is 12.1 Å². The summed E-state index contributed by atoms with van der Waals surface area (Å²) in [4.78, 5) is 1.92. The summed E-state index contributed by atoms with van der Waals surface area (Å²) in [5.41, 5.74) is 2.25. The van der Waals surface area contributed by atoms with Crippen LogP contribution in [0.25, 0.3) is 0 Å². The first-order chi connectivity index (χ1) is 10.6. The first kappa shape index (κ1) is 16.6. The topological polar surface area (TPSA) is 23.5 Å². The minimum absolute atomic E-state index is 0.0303. The highest BCUT2D eigenvalue weighted by Crippen LogP contribution is 2.27. The van der Waals surface area contributed by atoms with Crippen LogP contribution in [-0.4, -0.2) is 30.2 Å². The molecule has 2 nitrogen and oxygen atoms in total. The van der Waals surface area contributed by atoms with Gasteiger partial charge in [-0.1, -0.05) is 54.1 Å². The number of hydrogen-bond donors (Lipinski definition) is 1. The van der Waals surface area contributed by atoms with Crippen molar-refractivity contribution in [1.29, 1.82) is 0 Å². The maximum atomic E-state index is 10.6. The monoisotopic (exact) mass is 315 g/mol. The van der Waals surface area contributed by atoms with Gasteiger partial charge in [0.05, 0.1) is 6.10 Å². The zero-order chi connectivity index (χ0) is 15.9. The molecular weight excluding hydrogens is 294 g/mol. The molecule has 2 rings (SSSR count). The third-order valence-electron chi connectivity index (χ3n) is 3.57. The van der Waals surface area contributed by atoms with E-state index in [0.717, 1.165) is 12.0 Å². The van der Waals surface area contributed by atoms with Crippen molar-refractivity contribution in [3.63, 3.8) is 0 Å². The van der Waals surface area contributed by atoms with Crippen LogP contribution in [0.15, 0.2) is 66.9 Å². The lowest BCUT2D eigenvalue weighted by atomic mass is 9.87. The van der Waals surface area contributed by atoms with Gasteiger partial charge in [-0.05, 0) is 42.0 Å². The van der Waals surface area contributed by atoms with Crippen molar-refractivity contribution >= 4 is 11.6 Å². The molecule has 22 heavy (non-hydrogen) atoms. The third kappa shape index (κ3) is 4.90. The molecule has 0 aliphatic rings. The molecule has 3 heteroatoms. The highest BCUT2D eigenvalue weighted by molar-refractivity contribution is 6.30. The Kier molecular flexibility index (Phi) is 6.05. The van der Waals surface area contributed by atoms with E-state index in [1.807, 2.05) is 73.7 Å². The summed E-state index contributed by atoms with van der Waals surface area (Å²) in [6.07, 6.45) is 3.91. The molecule has 0 aromatic heterocycles. The smallest absolute Gasteiger partial charge is 0.0809 e. The highest BCUT2D eigenvalue weighted by Gasteiger charge is 2.20. The number of rotatable bonds is 6. The van der Waals surface area contributed by atoms with E-state index in [0.29, 0.717) is 5.02 Å². The van der Waals surface area contributed by atoms with Crippen molar-refractivity contribution in [2.75, 3.05) is 14.1 Å². The summed E-state index contributed by atoms with van der Waals surface area (Å²) in [5.74, 6) is -0.0303. The lowest BCUT2D eigenvalue weighted by Crippen LogP contribution is -2.19. The average Bonchev–Trinajstić information content (AvgIpc) is 2.51. The zero-order valence-corrected chi connectivity index (χ0v) is 13.7. The highest BCUT2D eigenvalue weighted by atomic mass is 35.5. The summed E-state index contributed by atoms with van der Waals surface area (Å²) in [6, 6.07) is 17.9. The molecule has 116 valence electrons. The van der Waals surface area contributed by atoms with Gasteiger partial charge in [0.2, 0.25) is 0 Å². The van der Waals surface area contributed by atoms with Gasteiger partial charge in [-0.2, -0.15) is 0 Å². The molecule has 0 aliphatic heterocycles. The van der Waals surface area contributed by atoms with E-state index < -0.39 is 6.10 Å². The fraction of sp³-hybridized carbons (Fsp3) is 0.263. The second-order valence-electron chi connectivity index (χ2n) is 5.65. The third-order valence-corrected chi connectivity index (χ3v) is 3.80. The largest absolute Gasteiger partial charge is 0.388 e.